The van der Waals surface area contributed by atoms with Crippen LogP contribution in [0, 0.1) is 5.41 Å². The molecule has 1 amide bonds. The largest absolute Gasteiger partial charge is 0.371 e. The molecule has 2 fully saturated rings. The molecule has 0 bridgehead atoms. The molecule has 0 aliphatic carbocycles. The van der Waals surface area contributed by atoms with Gasteiger partial charge in [-0.25, -0.2) is 0 Å². The standard InChI is InChI=1S/C32H41N5O/c1-3-4-9-28(13-12-26-8-7-17-33-21-26)34-18-14-25(2)37-20-16-32(24-37)15-19-36(31(32)38)23-27-22-35-30-11-6-5-10-29(27)30/h5-6,10-11,14,17-18,21-22,35H,2-4,7-9,12-13,15-16,19-20,23-24H2,1H3/b18-14-,34-28?. The van der Waals surface area contributed by atoms with E-state index in [1.807, 2.05) is 37.0 Å². The molecule has 1 aromatic carbocycles. The van der Waals surface area contributed by atoms with Gasteiger partial charge in [0, 0.05) is 73.3 Å². The number of para-hydroxylation sites is 1. The second-order valence-corrected chi connectivity index (χ2v) is 11.1. The van der Waals surface area contributed by atoms with Gasteiger partial charge in [-0.1, -0.05) is 43.7 Å². The number of aliphatic imine (C=N–C) groups is 2. The average molecular weight is 512 g/mol. The molecule has 4 heterocycles. The van der Waals surface area contributed by atoms with E-state index in [-0.39, 0.29) is 5.41 Å². The maximum Gasteiger partial charge on any atom is 0.231 e. The minimum Gasteiger partial charge on any atom is -0.371 e. The number of nitrogens with zero attached hydrogens (tertiary/aromatic N) is 4. The van der Waals surface area contributed by atoms with Gasteiger partial charge < -0.3 is 14.8 Å². The molecule has 1 spiro atoms. The number of aromatic amines is 1. The first kappa shape index (κ1) is 26.2. The van der Waals surface area contributed by atoms with Crippen LogP contribution in [-0.4, -0.2) is 52.3 Å². The summed E-state index contributed by atoms with van der Waals surface area (Å²) in [6.45, 7) is 9.66. The Morgan fingerprint density at radius 3 is 2.95 bits per heavy atom. The highest BCUT2D eigenvalue weighted by atomic mass is 16.2. The van der Waals surface area contributed by atoms with Crippen LogP contribution in [0.5, 0.6) is 0 Å². The first-order valence-corrected chi connectivity index (χ1v) is 14.3. The molecule has 200 valence electrons. The Balaban J connectivity index is 1.17. The number of unbranched alkanes of at least 4 members (excludes halogenated alkanes) is 1. The van der Waals surface area contributed by atoms with E-state index >= 15 is 0 Å². The number of hydrogen-bond donors (Lipinski definition) is 1. The third-order valence-corrected chi connectivity index (χ3v) is 8.43. The number of rotatable bonds is 11. The van der Waals surface area contributed by atoms with Crippen molar-refractivity contribution in [2.45, 2.75) is 71.3 Å². The van der Waals surface area contributed by atoms with Crippen molar-refractivity contribution in [3.63, 3.8) is 0 Å². The second-order valence-electron chi connectivity index (χ2n) is 11.1. The Kier molecular flexibility index (Phi) is 8.26. The highest BCUT2D eigenvalue weighted by Gasteiger charge is 2.50. The fourth-order valence-electron chi connectivity index (χ4n) is 6.02. The zero-order valence-corrected chi connectivity index (χ0v) is 22.8. The molecule has 3 aliphatic rings. The van der Waals surface area contributed by atoms with Gasteiger partial charge in [-0.3, -0.25) is 14.8 Å². The van der Waals surface area contributed by atoms with Crippen LogP contribution in [-0.2, 0) is 11.3 Å². The van der Waals surface area contributed by atoms with Crippen molar-refractivity contribution in [3.8, 4) is 0 Å². The molecule has 1 N–H and O–H groups in total. The molecule has 3 aliphatic heterocycles. The molecule has 1 atom stereocenters. The number of carbonyl (C=O) groups excluding carboxylic acids is 1. The number of aromatic nitrogens is 1. The zero-order chi connectivity index (χ0) is 26.4. The van der Waals surface area contributed by atoms with E-state index in [0.29, 0.717) is 12.5 Å². The average Bonchev–Trinajstić information content (AvgIpc) is 3.65. The molecule has 0 saturated carbocycles. The van der Waals surface area contributed by atoms with Crippen LogP contribution in [0.25, 0.3) is 10.9 Å². The van der Waals surface area contributed by atoms with E-state index < -0.39 is 0 Å². The summed E-state index contributed by atoms with van der Waals surface area (Å²) in [6, 6.07) is 8.31. The molecule has 2 aromatic rings. The van der Waals surface area contributed by atoms with Gasteiger partial charge in [0.05, 0.1) is 5.41 Å². The van der Waals surface area contributed by atoms with Crippen LogP contribution in [0.4, 0.5) is 0 Å². The molecule has 6 heteroatoms. The lowest BCUT2D eigenvalue weighted by molar-refractivity contribution is -0.135. The Labute approximate surface area is 226 Å². The van der Waals surface area contributed by atoms with Gasteiger partial charge in [0.2, 0.25) is 5.91 Å². The number of hydrogen-bond acceptors (Lipinski definition) is 4. The molecular formula is C32H41N5O. The molecular weight excluding hydrogens is 470 g/mol. The summed E-state index contributed by atoms with van der Waals surface area (Å²) < 4.78 is 0. The lowest BCUT2D eigenvalue weighted by atomic mass is 9.85. The number of amides is 1. The van der Waals surface area contributed by atoms with Crippen LogP contribution in [0.1, 0.15) is 70.3 Å². The van der Waals surface area contributed by atoms with Gasteiger partial charge in [0.15, 0.2) is 0 Å². The van der Waals surface area contributed by atoms with E-state index in [0.717, 1.165) is 82.2 Å². The molecule has 1 aromatic heterocycles. The lowest BCUT2D eigenvalue weighted by Crippen LogP contribution is -2.36. The van der Waals surface area contributed by atoms with Gasteiger partial charge in [-0.05, 0) is 69.1 Å². The Bertz CT molecular complexity index is 1280. The van der Waals surface area contributed by atoms with Crippen molar-refractivity contribution in [2.24, 2.45) is 15.4 Å². The maximum atomic E-state index is 13.6. The Morgan fingerprint density at radius 1 is 1.24 bits per heavy atom. The van der Waals surface area contributed by atoms with Crippen molar-refractivity contribution in [3.05, 3.63) is 72.4 Å². The first-order chi connectivity index (χ1) is 18.6. The van der Waals surface area contributed by atoms with Crippen molar-refractivity contribution in [2.75, 3.05) is 19.6 Å². The minimum absolute atomic E-state index is 0.283. The fourth-order valence-corrected chi connectivity index (χ4v) is 6.02. The predicted octanol–water partition coefficient (Wildman–Crippen LogP) is 6.78. The van der Waals surface area contributed by atoms with Crippen molar-refractivity contribution in [1.29, 1.82) is 0 Å². The monoisotopic (exact) mass is 511 g/mol. The minimum atomic E-state index is -0.283. The number of fused-ring (bicyclic) bond motifs is 1. The summed E-state index contributed by atoms with van der Waals surface area (Å²) in [5, 5.41) is 1.20. The van der Waals surface area contributed by atoms with Gasteiger partial charge in [-0.15, -0.1) is 0 Å². The highest BCUT2D eigenvalue weighted by Crippen LogP contribution is 2.42. The number of likely N-dealkylation sites (tertiary alicyclic amines) is 2. The Morgan fingerprint density at radius 2 is 2.11 bits per heavy atom. The topological polar surface area (TPSA) is 64.1 Å². The van der Waals surface area contributed by atoms with Gasteiger partial charge in [0.25, 0.3) is 0 Å². The highest BCUT2D eigenvalue weighted by molar-refractivity contribution is 5.87. The summed E-state index contributed by atoms with van der Waals surface area (Å²) >= 11 is 0. The van der Waals surface area contributed by atoms with Crippen LogP contribution in [0.3, 0.4) is 0 Å². The number of nitrogens with one attached hydrogen (secondary N) is 1. The maximum absolute atomic E-state index is 13.6. The van der Waals surface area contributed by atoms with Crippen LogP contribution < -0.4 is 0 Å². The molecule has 2 saturated heterocycles. The van der Waals surface area contributed by atoms with E-state index in [2.05, 4.69) is 51.5 Å². The quantitative estimate of drug-likeness (QED) is 0.267. The molecule has 6 nitrogen and oxygen atoms in total. The van der Waals surface area contributed by atoms with Crippen molar-refractivity contribution < 1.29 is 4.79 Å². The molecule has 0 radical (unpaired) electrons. The van der Waals surface area contributed by atoms with Crippen molar-refractivity contribution in [1.82, 2.24) is 14.8 Å². The molecule has 5 rings (SSSR count). The first-order valence-electron chi connectivity index (χ1n) is 14.3. The fraction of sp³-hybridized carbons (Fsp3) is 0.469. The second kappa shape index (κ2) is 12.0. The summed E-state index contributed by atoms with van der Waals surface area (Å²) in [5.41, 5.74) is 5.66. The number of benzene rings is 1. The smallest absolute Gasteiger partial charge is 0.231 e. The SMILES string of the molecule is C=C(/C=C\N=C(CCCC)CCC1=CN=CCC1)N1CCC2(CCN(Cc3c[nH]c4ccccc34)C2=O)C1. The van der Waals surface area contributed by atoms with Gasteiger partial charge in [0.1, 0.15) is 0 Å². The number of H-pyrrole nitrogens is 1. The number of allylic oxidation sites excluding steroid dienone is 2. The summed E-state index contributed by atoms with van der Waals surface area (Å²) in [6.07, 6.45) is 19.4. The summed E-state index contributed by atoms with van der Waals surface area (Å²) in [5.74, 6) is 0.295. The van der Waals surface area contributed by atoms with E-state index in [9.17, 15) is 4.79 Å². The van der Waals surface area contributed by atoms with Crippen LogP contribution >= 0.6 is 0 Å². The predicted molar refractivity (Wildman–Crippen MR) is 157 cm³/mol. The molecule has 1 unspecified atom stereocenters. The van der Waals surface area contributed by atoms with Crippen LogP contribution in [0.2, 0.25) is 0 Å². The van der Waals surface area contributed by atoms with E-state index in [1.165, 1.54) is 28.7 Å². The third kappa shape index (κ3) is 5.85. The summed E-state index contributed by atoms with van der Waals surface area (Å²) in [7, 11) is 0. The van der Waals surface area contributed by atoms with Gasteiger partial charge in [-0.2, -0.15) is 0 Å². The number of carbonyl (C=O) groups is 1. The van der Waals surface area contributed by atoms with Gasteiger partial charge >= 0.3 is 0 Å². The normalized spacial score (nSPS) is 22.0. The molecule has 38 heavy (non-hydrogen) atoms. The van der Waals surface area contributed by atoms with E-state index in [4.69, 9.17) is 4.99 Å². The third-order valence-electron chi connectivity index (χ3n) is 8.43. The van der Waals surface area contributed by atoms with Crippen LogP contribution in [0.15, 0.2) is 76.8 Å². The summed E-state index contributed by atoms with van der Waals surface area (Å²) in [4.78, 5) is 30.4. The van der Waals surface area contributed by atoms with Crippen molar-refractivity contribution >= 4 is 28.7 Å². The zero-order valence-electron chi connectivity index (χ0n) is 22.8. The van der Waals surface area contributed by atoms with E-state index in [1.54, 1.807) is 0 Å². The lowest BCUT2D eigenvalue weighted by Gasteiger charge is -2.24. The Hall–Kier alpha value is -3.41.